The quantitative estimate of drug-likeness (QED) is 0.817. The van der Waals surface area contributed by atoms with Gasteiger partial charge in [-0.2, -0.15) is 0 Å². The minimum absolute atomic E-state index is 0.0141. The summed E-state index contributed by atoms with van der Waals surface area (Å²) in [5.41, 5.74) is 2.09. The minimum atomic E-state index is -0.355. The first-order chi connectivity index (χ1) is 12.8. The summed E-state index contributed by atoms with van der Waals surface area (Å²) in [6, 6.07) is 5.84. The third kappa shape index (κ3) is 3.96. The lowest BCUT2D eigenvalue weighted by Crippen LogP contribution is -2.63. The van der Waals surface area contributed by atoms with Gasteiger partial charge < -0.3 is 19.5 Å². The number of urea groups is 1. The zero-order chi connectivity index (χ0) is 19.6. The van der Waals surface area contributed by atoms with Crippen molar-refractivity contribution >= 4 is 22.8 Å². The number of nitrogens with one attached hydrogen (secondary N) is 1. The molecule has 2 aromatic rings. The van der Waals surface area contributed by atoms with Crippen LogP contribution in [0.25, 0.3) is 11.1 Å². The lowest BCUT2D eigenvalue weighted by Gasteiger charge is -2.47. The van der Waals surface area contributed by atoms with Gasteiger partial charge in [-0.15, -0.1) is 0 Å². The molecule has 0 bridgehead atoms. The van der Waals surface area contributed by atoms with Crippen molar-refractivity contribution in [3.8, 4) is 0 Å². The van der Waals surface area contributed by atoms with Crippen LogP contribution in [0.1, 0.15) is 40.0 Å². The number of aromatic nitrogens is 1. The molecule has 1 fully saturated rings. The van der Waals surface area contributed by atoms with Crippen LogP contribution < -0.4 is 16.0 Å². The summed E-state index contributed by atoms with van der Waals surface area (Å²) in [5.74, 6) is -0.355. The molecule has 1 aliphatic rings. The van der Waals surface area contributed by atoms with Crippen LogP contribution in [-0.2, 0) is 7.05 Å². The van der Waals surface area contributed by atoms with E-state index in [4.69, 9.17) is 4.42 Å². The first kappa shape index (κ1) is 19.3. The normalized spacial score (nSPS) is 16.7. The molecule has 148 valence electrons. The summed E-state index contributed by atoms with van der Waals surface area (Å²) in [5, 5.41) is 3.05. The highest BCUT2D eigenvalue weighted by atomic mass is 16.4. The van der Waals surface area contributed by atoms with E-state index in [-0.39, 0.29) is 17.3 Å². The summed E-state index contributed by atoms with van der Waals surface area (Å²) in [6.45, 7) is 9.18. The number of rotatable bonds is 5. The molecule has 1 aromatic heterocycles. The number of aryl methyl sites for hydroxylation is 1. The Morgan fingerprint density at radius 3 is 2.74 bits per heavy atom. The molecule has 2 amide bonds. The number of unbranched alkanes of at least 4 members (excludes halogenated alkanes) is 2. The molecule has 0 unspecified atom stereocenters. The molecule has 1 saturated heterocycles. The average Bonchev–Trinajstić information content (AvgIpc) is 2.91. The smallest absolute Gasteiger partial charge is 0.408 e. The van der Waals surface area contributed by atoms with Gasteiger partial charge in [0.1, 0.15) is 0 Å². The molecule has 0 atom stereocenters. The van der Waals surface area contributed by atoms with Gasteiger partial charge in [0.15, 0.2) is 5.58 Å². The van der Waals surface area contributed by atoms with Crippen LogP contribution in [0.3, 0.4) is 0 Å². The number of fused-ring (bicyclic) bond motifs is 1. The van der Waals surface area contributed by atoms with Crippen LogP contribution in [0.4, 0.5) is 10.5 Å². The fourth-order valence-corrected chi connectivity index (χ4v) is 3.74. The zero-order valence-corrected chi connectivity index (χ0v) is 16.7. The van der Waals surface area contributed by atoms with Crippen LogP contribution in [0.15, 0.2) is 27.4 Å². The van der Waals surface area contributed by atoms with Crippen molar-refractivity contribution in [3.05, 3.63) is 28.7 Å². The summed E-state index contributed by atoms with van der Waals surface area (Å²) < 4.78 is 6.82. The maximum atomic E-state index is 12.6. The van der Waals surface area contributed by atoms with E-state index in [1.807, 2.05) is 23.1 Å². The molecule has 1 N–H and O–H groups in total. The van der Waals surface area contributed by atoms with Crippen molar-refractivity contribution in [1.82, 2.24) is 14.8 Å². The van der Waals surface area contributed by atoms with E-state index in [2.05, 4.69) is 31.0 Å². The largest absolute Gasteiger partial charge is 0.419 e. The molecule has 0 spiro atoms. The van der Waals surface area contributed by atoms with E-state index in [1.165, 1.54) is 4.57 Å². The van der Waals surface area contributed by atoms with Crippen molar-refractivity contribution in [3.63, 3.8) is 0 Å². The van der Waals surface area contributed by atoms with Crippen LogP contribution in [0.2, 0.25) is 0 Å². The number of nitrogens with zero attached hydrogens (tertiary/aromatic N) is 3. The molecule has 0 aliphatic carbocycles. The summed E-state index contributed by atoms with van der Waals surface area (Å²) in [7, 11) is 1.70. The zero-order valence-electron chi connectivity index (χ0n) is 16.7. The highest BCUT2D eigenvalue weighted by molar-refractivity contribution is 5.78. The summed E-state index contributed by atoms with van der Waals surface area (Å²) in [6.07, 6.45) is 3.30. The number of carbonyl (C=O) groups is 1. The van der Waals surface area contributed by atoms with Crippen LogP contribution >= 0.6 is 0 Å². The van der Waals surface area contributed by atoms with E-state index < -0.39 is 0 Å². The molecule has 0 radical (unpaired) electrons. The SMILES string of the molecule is CCCCCNC(=O)N1CCN(c2ccc3c(c2)oc(=O)n3C)CC1(C)C. The van der Waals surface area contributed by atoms with Gasteiger partial charge in [0.05, 0.1) is 11.1 Å². The predicted octanol–water partition coefficient (Wildman–Crippen LogP) is 2.93. The van der Waals surface area contributed by atoms with Gasteiger partial charge in [-0.1, -0.05) is 19.8 Å². The first-order valence-corrected chi connectivity index (χ1v) is 9.73. The number of piperazine rings is 1. The number of hydrogen-bond acceptors (Lipinski definition) is 4. The summed E-state index contributed by atoms with van der Waals surface area (Å²) in [4.78, 5) is 28.5. The van der Waals surface area contributed by atoms with E-state index in [1.54, 1.807) is 7.05 Å². The molecule has 27 heavy (non-hydrogen) atoms. The Kier molecular flexibility index (Phi) is 5.48. The molecular formula is C20H30N4O3. The van der Waals surface area contributed by atoms with Crippen LogP contribution in [0.5, 0.6) is 0 Å². The molecule has 1 aliphatic heterocycles. The second-order valence-electron chi connectivity index (χ2n) is 7.90. The van der Waals surface area contributed by atoms with Gasteiger partial charge >= 0.3 is 11.8 Å². The molecule has 7 heteroatoms. The Bertz CT molecular complexity index is 868. The number of amides is 2. The van der Waals surface area contributed by atoms with E-state index >= 15 is 0 Å². The van der Waals surface area contributed by atoms with Crippen LogP contribution in [0, 0.1) is 0 Å². The van der Waals surface area contributed by atoms with Gasteiger partial charge in [-0.25, -0.2) is 9.59 Å². The van der Waals surface area contributed by atoms with E-state index in [0.717, 1.165) is 50.1 Å². The van der Waals surface area contributed by atoms with Crippen molar-refractivity contribution < 1.29 is 9.21 Å². The monoisotopic (exact) mass is 374 g/mol. The maximum absolute atomic E-state index is 12.6. The topological polar surface area (TPSA) is 70.7 Å². The molecule has 3 rings (SSSR count). The predicted molar refractivity (Wildman–Crippen MR) is 107 cm³/mol. The second-order valence-corrected chi connectivity index (χ2v) is 7.90. The minimum Gasteiger partial charge on any atom is -0.408 e. The van der Waals surface area contributed by atoms with Crippen molar-refractivity contribution in [1.29, 1.82) is 0 Å². The van der Waals surface area contributed by atoms with Gasteiger partial charge in [-0.05, 0) is 32.4 Å². The number of hydrogen-bond donors (Lipinski definition) is 1. The molecular weight excluding hydrogens is 344 g/mol. The highest BCUT2D eigenvalue weighted by Gasteiger charge is 2.36. The van der Waals surface area contributed by atoms with Gasteiger partial charge in [0, 0.05) is 45.0 Å². The molecule has 7 nitrogen and oxygen atoms in total. The van der Waals surface area contributed by atoms with E-state index in [9.17, 15) is 9.59 Å². The Morgan fingerprint density at radius 2 is 2.04 bits per heavy atom. The summed E-state index contributed by atoms with van der Waals surface area (Å²) >= 11 is 0. The lowest BCUT2D eigenvalue weighted by atomic mass is 9.98. The average molecular weight is 374 g/mol. The second kappa shape index (κ2) is 7.66. The maximum Gasteiger partial charge on any atom is 0.419 e. The Hall–Kier alpha value is -2.44. The first-order valence-electron chi connectivity index (χ1n) is 9.73. The Balaban J connectivity index is 1.69. The van der Waals surface area contributed by atoms with Gasteiger partial charge in [0.2, 0.25) is 0 Å². The number of benzene rings is 1. The number of carbonyl (C=O) groups excluding carboxylic acids is 1. The Labute approximate surface area is 159 Å². The van der Waals surface area contributed by atoms with E-state index in [0.29, 0.717) is 12.1 Å². The Morgan fingerprint density at radius 1 is 1.26 bits per heavy atom. The lowest BCUT2D eigenvalue weighted by molar-refractivity contribution is 0.124. The van der Waals surface area contributed by atoms with Gasteiger partial charge in [-0.3, -0.25) is 4.57 Å². The van der Waals surface area contributed by atoms with Crippen LogP contribution in [-0.4, -0.2) is 47.2 Å². The van der Waals surface area contributed by atoms with Crippen molar-refractivity contribution in [2.45, 2.75) is 45.6 Å². The van der Waals surface area contributed by atoms with Crippen molar-refractivity contribution in [2.75, 3.05) is 31.1 Å². The van der Waals surface area contributed by atoms with Crippen molar-refractivity contribution in [2.24, 2.45) is 7.05 Å². The van der Waals surface area contributed by atoms with Gasteiger partial charge in [0.25, 0.3) is 0 Å². The standard InChI is InChI=1S/C20H30N4O3/c1-5-6-7-10-21-18(25)24-12-11-23(14-20(24,2)3)15-8-9-16-17(13-15)27-19(26)22(16)4/h8-9,13H,5-7,10-12,14H2,1-4H3,(H,21,25). The molecule has 1 aromatic carbocycles. The fraction of sp³-hybridized carbons (Fsp3) is 0.600. The fourth-order valence-electron chi connectivity index (χ4n) is 3.74. The number of oxazole rings is 1. The molecule has 0 saturated carbocycles. The third-order valence-corrected chi connectivity index (χ3v) is 5.34. The third-order valence-electron chi connectivity index (χ3n) is 5.34. The highest BCUT2D eigenvalue weighted by Crippen LogP contribution is 2.28. The number of anilines is 1. The molecule has 2 heterocycles.